The van der Waals surface area contributed by atoms with Crippen LogP contribution in [-0.2, 0) is 0 Å². The molecule has 0 aliphatic heterocycles. The van der Waals surface area contributed by atoms with Gasteiger partial charge in [0.2, 0.25) is 0 Å². The molecule has 0 spiro atoms. The molecule has 2 heterocycles. The van der Waals surface area contributed by atoms with Crippen molar-refractivity contribution in [1.29, 1.82) is 0 Å². The standard InChI is InChI=1S/C8H6N2O/c1-2-6-3-7-8(4-9-6)11-5-10-7/h2-5H,1H2. The highest BCUT2D eigenvalue weighted by Crippen LogP contribution is 2.11. The summed E-state index contributed by atoms with van der Waals surface area (Å²) in [5.41, 5.74) is 2.33. The van der Waals surface area contributed by atoms with Crippen molar-refractivity contribution < 1.29 is 4.42 Å². The normalized spacial score (nSPS) is 10.2. The molecule has 0 bridgehead atoms. The molecule has 3 heteroatoms. The van der Waals surface area contributed by atoms with E-state index in [2.05, 4.69) is 16.5 Å². The Kier molecular flexibility index (Phi) is 1.22. The number of pyridine rings is 1. The van der Waals surface area contributed by atoms with Crippen LogP contribution in [0.5, 0.6) is 0 Å². The molecule has 0 aliphatic carbocycles. The molecule has 2 aromatic rings. The lowest BCUT2D eigenvalue weighted by Gasteiger charge is -1.88. The number of nitrogens with zero attached hydrogens (tertiary/aromatic N) is 2. The Hall–Kier alpha value is -1.64. The summed E-state index contributed by atoms with van der Waals surface area (Å²) in [5.74, 6) is 0. The van der Waals surface area contributed by atoms with Gasteiger partial charge in [0, 0.05) is 0 Å². The minimum atomic E-state index is 0.704. The largest absolute Gasteiger partial charge is 0.442 e. The van der Waals surface area contributed by atoms with Crippen molar-refractivity contribution in [2.24, 2.45) is 0 Å². The summed E-state index contributed by atoms with van der Waals surface area (Å²) in [4.78, 5) is 8.02. The van der Waals surface area contributed by atoms with E-state index in [0.29, 0.717) is 5.58 Å². The molecule has 0 aliphatic rings. The van der Waals surface area contributed by atoms with Gasteiger partial charge in [0.25, 0.3) is 0 Å². The number of rotatable bonds is 1. The van der Waals surface area contributed by atoms with Gasteiger partial charge in [0.05, 0.1) is 11.9 Å². The highest BCUT2D eigenvalue weighted by Gasteiger charge is 1.97. The molecule has 0 aromatic carbocycles. The summed E-state index contributed by atoms with van der Waals surface area (Å²) in [6.07, 6.45) is 4.71. The third-order valence-electron chi connectivity index (χ3n) is 1.45. The minimum absolute atomic E-state index is 0.704. The molecule has 0 radical (unpaired) electrons. The van der Waals surface area contributed by atoms with Gasteiger partial charge < -0.3 is 4.42 Å². The van der Waals surface area contributed by atoms with Crippen molar-refractivity contribution in [3.05, 3.63) is 30.9 Å². The Bertz CT molecular complexity index is 392. The van der Waals surface area contributed by atoms with Crippen LogP contribution in [0, 0.1) is 0 Å². The number of fused-ring (bicyclic) bond motifs is 1. The van der Waals surface area contributed by atoms with Crippen LogP contribution in [0.15, 0.2) is 29.7 Å². The lowest BCUT2D eigenvalue weighted by molar-refractivity contribution is 0.601. The van der Waals surface area contributed by atoms with Crippen LogP contribution in [0.2, 0.25) is 0 Å². The molecule has 11 heavy (non-hydrogen) atoms. The van der Waals surface area contributed by atoms with Crippen LogP contribution in [0.3, 0.4) is 0 Å². The fraction of sp³-hybridized carbons (Fsp3) is 0. The second-order valence-electron chi connectivity index (χ2n) is 2.13. The zero-order valence-corrected chi connectivity index (χ0v) is 5.82. The first kappa shape index (κ1) is 6.09. The zero-order chi connectivity index (χ0) is 7.68. The molecule has 0 fully saturated rings. The molecule has 0 unspecified atom stereocenters. The fourth-order valence-corrected chi connectivity index (χ4v) is 0.891. The van der Waals surface area contributed by atoms with Gasteiger partial charge in [-0.1, -0.05) is 6.58 Å². The van der Waals surface area contributed by atoms with E-state index in [-0.39, 0.29) is 0 Å². The first-order valence-corrected chi connectivity index (χ1v) is 3.22. The van der Waals surface area contributed by atoms with Gasteiger partial charge in [-0.25, -0.2) is 4.98 Å². The van der Waals surface area contributed by atoms with Gasteiger partial charge in [0.15, 0.2) is 12.0 Å². The van der Waals surface area contributed by atoms with E-state index in [1.54, 1.807) is 12.3 Å². The lowest BCUT2D eigenvalue weighted by Crippen LogP contribution is -1.78. The van der Waals surface area contributed by atoms with Gasteiger partial charge in [0.1, 0.15) is 5.52 Å². The summed E-state index contributed by atoms with van der Waals surface area (Å²) < 4.78 is 5.01. The maximum atomic E-state index is 5.01. The average Bonchev–Trinajstić information content (AvgIpc) is 2.50. The third kappa shape index (κ3) is 0.902. The van der Waals surface area contributed by atoms with Crippen LogP contribution >= 0.6 is 0 Å². The maximum absolute atomic E-state index is 5.01. The number of hydrogen-bond donors (Lipinski definition) is 0. The molecule has 0 saturated carbocycles. The molecule has 2 aromatic heterocycles. The van der Waals surface area contributed by atoms with Crippen LogP contribution in [0.1, 0.15) is 5.69 Å². The summed E-state index contributed by atoms with van der Waals surface area (Å²) in [5, 5.41) is 0. The SMILES string of the molecule is C=Cc1cc2ncoc2cn1. The molecule has 0 N–H and O–H groups in total. The summed E-state index contributed by atoms with van der Waals surface area (Å²) in [6.45, 7) is 3.60. The van der Waals surface area contributed by atoms with Gasteiger partial charge in [-0.2, -0.15) is 0 Å². The number of hydrogen-bond acceptors (Lipinski definition) is 3. The Labute approximate surface area is 63.4 Å². The lowest BCUT2D eigenvalue weighted by atomic mass is 10.3. The van der Waals surface area contributed by atoms with Gasteiger partial charge in [-0.15, -0.1) is 0 Å². The Balaban J connectivity index is 2.76. The molecule has 3 nitrogen and oxygen atoms in total. The summed E-state index contributed by atoms with van der Waals surface area (Å²) in [6, 6.07) is 1.83. The molecule has 0 saturated heterocycles. The molecular weight excluding hydrogens is 140 g/mol. The molecule has 0 atom stereocenters. The summed E-state index contributed by atoms with van der Waals surface area (Å²) in [7, 11) is 0. The Morgan fingerprint density at radius 1 is 1.45 bits per heavy atom. The van der Waals surface area contributed by atoms with Crippen LogP contribution in [0.25, 0.3) is 17.2 Å². The Morgan fingerprint density at radius 2 is 2.36 bits per heavy atom. The van der Waals surface area contributed by atoms with E-state index in [1.165, 1.54) is 6.39 Å². The quantitative estimate of drug-likeness (QED) is 0.616. The van der Waals surface area contributed by atoms with E-state index < -0.39 is 0 Å². The van der Waals surface area contributed by atoms with Crippen molar-refractivity contribution in [3.63, 3.8) is 0 Å². The van der Waals surface area contributed by atoms with Crippen molar-refractivity contribution in [3.8, 4) is 0 Å². The van der Waals surface area contributed by atoms with Gasteiger partial charge in [-0.3, -0.25) is 4.98 Å². The monoisotopic (exact) mass is 146 g/mol. The van der Waals surface area contributed by atoms with Crippen molar-refractivity contribution in [2.45, 2.75) is 0 Å². The predicted molar refractivity (Wildman–Crippen MR) is 41.9 cm³/mol. The van der Waals surface area contributed by atoms with Gasteiger partial charge in [-0.05, 0) is 12.1 Å². The Morgan fingerprint density at radius 3 is 3.18 bits per heavy atom. The van der Waals surface area contributed by atoms with E-state index in [4.69, 9.17) is 4.42 Å². The molecule has 0 amide bonds. The smallest absolute Gasteiger partial charge is 0.182 e. The predicted octanol–water partition coefficient (Wildman–Crippen LogP) is 1.87. The first-order valence-electron chi connectivity index (χ1n) is 3.22. The zero-order valence-electron chi connectivity index (χ0n) is 5.82. The third-order valence-corrected chi connectivity index (χ3v) is 1.45. The van der Waals surface area contributed by atoms with Crippen LogP contribution in [0.4, 0.5) is 0 Å². The first-order chi connectivity index (χ1) is 5.40. The van der Waals surface area contributed by atoms with Crippen LogP contribution in [-0.4, -0.2) is 9.97 Å². The minimum Gasteiger partial charge on any atom is -0.442 e. The number of oxazole rings is 1. The van der Waals surface area contributed by atoms with E-state index in [9.17, 15) is 0 Å². The second-order valence-corrected chi connectivity index (χ2v) is 2.13. The topological polar surface area (TPSA) is 38.9 Å². The van der Waals surface area contributed by atoms with Crippen molar-refractivity contribution >= 4 is 17.2 Å². The fourth-order valence-electron chi connectivity index (χ4n) is 0.891. The highest BCUT2D eigenvalue weighted by molar-refractivity contribution is 5.73. The number of aromatic nitrogens is 2. The highest BCUT2D eigenvalue weighted by atomic mass is 16.3. The summed E-state index contributed by atoms with van der Waals surface area (Å²) >= 11 is 0. The van der Waals surface area contributed by atoms with Gasteiger partial charge >= 0.3 is 0 Å². The van der Waals surface area contributed by atoms with Crippen molar-refractivity contribution in [2.75, 3.05) is 0 Å². The van der Waals surface area contributed by atoms with E-state index in [0.717, 1.165) is 11.2 Å². The van der Waals surface area contributed by atoms with E-state index in [1.807, 2.05) is 6.07 Å². The average molecular weight is 146 g/mol. The van der Waals surface area contributed by atoms with Crippen LogP contribution < -0.4 is 0 Å². The molecule has 2 rings (SSSR count). The van der Waals surface area contributed by atoms with E-state index >= 15 is 0 Å². The maximum Gasteiger partial charge on any atom is 0.182 e. The van der Waals surface area contributed by atoms with Crippen molar-refractivity contribution in [1.82, 2.24) is 9.97 Å². The molecule has 54 valence electrons. The second kappa shape index (κ2) is 2.20. The molecular formula is C8H6N2O.